The molecule has 9 heteroatoms. The number of hydrogen-bond donors (Lipinski definition) is 1. The average Bonchev–Trinajstić information content (AvgIpc) is 3.48. The molecule has 1 fully saturated rings. The van der Waals surface area contributed by atoms with E-state index in [-0.39, 0.29) is 28.9 Å². The van der Waals surface area contributed by atoms with Gasteiger partial charge in [-0.1, -0.05) is 17.7 Å². The van der Waals surface area contributed by atoms with E-state index >= 15 is 0 Å². The molecule has 0 spiro atoms. The number of nitrogens with zero attached hydrogens (tertiary/aromatic N) is 2. The summed E-state index contributed by atoms with van der Waals surface area (Å²) in [6.45, 7) is -1.01. The van der Waals surface area contributed by atoms with Gasteiger partial charge in [0.25, 0.3) is 0 Å². The van der Waals surface area contributed by atoms with Gasteiger partial charge in [0.15, 0.2) is 0 Å². The van der Waals surface area contributed by atoms with Gasteiger partial charge in [-0.3, -0.25) is 4.98 Å². The van der Waals surface area contributed by atoms with Crippen LogP contribution in [0, 0.1) is 0 Å². The van der Waals surface area contributed by atoms with E-state index in [4.69, 9.17) is 16.3 Å². The molecule has 2 amide bonds. The number of ether oxygens (including phenoxy) is 1. The van der Waals surface area contributed by atoms with E-state index in [2.05, 4.69) is 10.3 Å². The number of aromatic nitrogens is 1. The van der Waals surface area contributed by atoms with E-state index in [1.165, 1.54) is 29.3 Å². The number of amides is 2. The number of pyridine rings is 1. The highest BCUT2D eigenvalue weighted by Crippen LogP contribution is 2.49. The lowest BCUT2D eigenvalue weighted by Crippen LogP contribution is -2.53. The number of rotatable bonds is 4. The van der Waals surface area contributed by atoms with Gasteiger partial charge in [0.2, 0.25) is 5.60 Å². The van der Waals surface area contributed by atoms with Crippen LogP contribution in [0.2, 0.25) is 5.02 Å². The number of fused-ring (bicyclic) bond motifs is 1. The Kier molecular flexibility index (Phi) is 4.71. The summed E-state index contributed by atoms with van der Waals surface area (Å²) >= 11 is 6.01. The summed E-state index contributed by atoms with van der Waals surface area (Å²) in [6, 6.07) is 8.14. The fourth-order valence-electron chi connectivity index (χ4n) is 3.35. The quantitative estimate of drug-likeness (QED) is 0.792. The minimum atomic E-state index is -4.79. The van der Waals surface area contributed by atoms with Crippen molar-refractivity contribution >= 4 is 23.3 Å². The van der Waals surface area contributed by atoms with Crippen LogP contribution in [0.15, 0.2) is 42.6 Å². The third kappa shape index (κ3) is 3.42. The Hall–Kier alpha value is -2.32. The highest BCUT2D eigenvalue weighted by atomic mass is 35.5. The van der Waals surface area contributed by atoms with E-state index in [0.29, 0.717) is 18.5 Å². The van der Waals surface area contributed by atoms with Gasteiger partial charge < -0.3 is 15.0 Å². The van der Waals surface area contributed by atoms with Gasteiger partial charge in [0.1, 0.15) is 0 Å². The van der Waals surface area contributed by atoms with Crippen LogP contribution in [0.5, 0.6) is 0 Å². The van der Waals surface area contributed by atoms with Crippen LogP contribution in [-0.2, 0) is 16.9 Å². The lowest BCUT2D eigenvalue weighted by molar-refractivity contribution is -0.291. The van der Waals surface area contributed by atoms with Crippen molar-refractivity contribution in [2.24, 2.45) is 0 Å². The smallest absolute Gasteiger partial charge is 0.353 e. The third-order valence-corrected chi connectivity index (χ3v) is 5.19. The summed E-state index contributed by atoms with van der Waals surface area (Å²) in [7, 11) is 0. The predicted octanol–water partition coefficient (Wildman–Crippen LogP) is 4.72. The van der Waals surface area contributed by atoms with Gasteiger partial charge in [-0.05, 0) is 43.2 Å². The van der Waals surface area contributed by atoms with Gasteiger partial charge in [0.05, 0.1) is 18.8 Å². The average molecular weight is 412 g/mol. The zero-order chi connectivity index (χ0) is 19.9. The van der Waals surface area contributed by atoms with E-state index in [0.717, 1.165) is 0 Å². The lowest BCUT2D eigenvalue weighted by Gasteiger charge is -2.38. The maximum Gasteiger partial charge on any atom is 0.423 e. The van der Waals surface area contributed by atoms with Gasteiger partial charge in [-0.25, -0.2) is 4.79 Å². The summed E-state index contributed by atoms with van der Waals surface area (Å²) in [5.74, 6) is 0. The molecular formula is C19H17ClF3N3O2. The molecule has 2 aliphatic rings. The van der Waals surface area contributed by atoms with Crippen molar-refractivity contribution in [1.82, 2.24) is 9.88 Å². The standard InChI is InChI=1S/C19H17ClF3N3O2/c20-12-4-7-16-15(9-12)18(19(21,22)23,28-10-13-3-1-2-8-24-13)11-26(14-5-6-14)17(27)25-16/h1-4,7-9,14H,5-6,10-11H2,(H,25,27). The molecule has 0 radical (unpaired) electrons. The van der Waals surface area contributed by atoms with Crippen molar-refractivity contribution in [2.75, 3.05) is 11.9 Å². The summed E-state index contributed by atoms with van der Waals surface area (Å²) in [5, 5.41) is 2.71. The zero-order valence-corrected chi connectivity index (χ0v) is 15.4. The van der Waals surface area contributed by atoms with Crippen LogP contribution in [0.25, 0.3) is 0 Å². The number of carbonyl (C=O) groups excluding carboxylic acids is 1. The molecule has 28 heavy (non-hydrogen) atoms. The number of benzene rings is 1. The molecule has 2 heterocycles. The van der Waals surface area contributed by atoms with Crippen molar-refractivity contribution in [2.45, 2.75) is 37.3 Å². The van der Waals surface area contributed by atoms with Crippen molar-refractivity contribution in [1.29, 1.82) is 0 Å². The van der Waals surface area contributed by atoms with Crippen LogP contribution in [-0.4, -0.2) is 34.7 Å². The molecule has 1 aliphatic carbocycles. The number of nitrogens with one attached hydrogen (secondary N) is 1. The number of halogens is 4. The molecule has 1 aromatic heterocycles. The SMILES string of the molecule is O=C1Nc2ccc(Cl)cc2C(OCc2ccccn2)(C(F)(F)F)CN1C1CC1. The first-order valence-corrected chi connectivity index (χ1v) is 9.16. The minimum absolute atomic E-state index is 0.0379. The lowest BCUT2D eigenvalue weighted by atomic mass is 9.90. The molecule has 0 saturated heterocycles. The third-order valence-electron chi connectivity index (χ3n) is 4.95. The van der Waals surface area contributed by atoms with Crippen LogP contribution >= 0.6 is 11.6 Å². The number of carbonyl (C=O) groups is 1. The summed E-state index contributed by atoms with van der Waals surface area (Å²) < 4.78 is 49.1. The maximum atomic E-state index is 14.5. The zero-order valence-electron chi connectivity index (χ0n) is 14.7. The fraction of sp³-hybridized carbons (Fsp3) is 0.368. The number of anilines is 1. The van der Waals surface area contributed by atoms with E-state index in [1.807, 2.05) is 0 Å². The van der Waals surface area contributed by atoms with Crippen LogP contribution in [0.1, 0.15) is 24.1 Å². The van der Waals surface area contributed by atoms with E-state index in [9.17, 15) is 18.0 Å². The highest BCUT2D eigenvalue weighted by Gasteiger charge is 2.61. The summed E-state index contributed by atoms with van der Waals surface area (Å²) in [5.41, 5.74) is -2.54. The first-order chi connectivity index (χ1) is 13.3. The maximum absolute atomic E-state index is 14.5. The Labute approximate surface area is 164 Å². The molecule has 1 saturated carbocycles. The normalized spacial score (nSPS) is 22.4. The van der Waals surface area contributed by atoms with E-state index < -0.39 is 24.4 Å². The monoisotopic (exact) mass is 411 g/mol. The molecule has 4 rings (SSSR count). The number of urea groups is 1. The van der Waals surface area contributed by atoms with Crippen molar-refractivity contribution in [3.63, 3.8) is 0 Å². The Bertz CT molecular complexity index is 890. The minimum Gasteiger partial charge on any atom is -0.353 e. The Morgan fingerprint density at radius 2 is 2.07 bits per heavy atom. The Morgan fingerprint density at radius 1 is 1.29 bits per heavy atom. The molecule has 148 valence electrons. The second kappa shape index (κ2) is 6.93. The van der Waals surface area contributed by atoms with Crippen LogP contribution in [0.4, 0.5) is 23.7 Å². The predicted molar refractivity (Wildman–Crippen MR) is 97.0 cm³/mol. The van der Waals surface area contributed by atoms with Crippen molar-refractivity contribution < 1.29 is 22.7 Å². The first-order valence-electron chi connectivity index (χ1n) is 8.78. The second-order valence-corrected chi connectivity index (χ2v) is 7.35. The van der Waals surface area contributed by atoms with Crippen molar-refractivity contribution in [3.8, 4) is 0 Å². The molecule has 1 atom stereocenters. The molecule has 1 N–H and O–H groups in total. The van der Waals surface area contributed by atoms with Gasteiger partial charge in [-0.2, -0.15) is 13.2 Å². The molecular weight excluding hydrogens is 395 g/mol. The largest absolute Gasteiger partial charge is 0.423 e. The van der Waals surface area contributed by atoms with E-state index in [1.54, 1.807) is 18.2 Å². The highest BCUT2D eigenvalue weighted by molar-refractivity contribution is 6.30. The summed E-state index contributed by atoms with van der Waals surface area (Å²) in [4.78, 5) is 17.8. The first kappa shape index (κ1) is 19.0. The Balaban J connectivity index is 1.82. The van der Waals surface area contributed by atoms with Crippen LogP contribution in [0.3, 0.4) is 0 Å². The topological polar surface area (TPSA) is 54.5 Å². The van der Waals surface area contributed by atoms with Crippen LogP contribution < -0.4 is 5.32 Å². The number of hydrogen-bond acceptors (Lipinski definition) is 3. The molecule has 1 aromatic carbocycles. The Morgan fingerprint density at radius 3 is 2.71 bits per heavy atom. The fourth-order valence-corrected chi connectivity index (χ4v) is 3.52. The van der Waals surface area contributed by atoms with Gasteiger partial charge in [0, 0.05) is 28.5 Å². The number of alkyl halides is 3. The van der Waals surface area contributed by atoms with Crippen molar-refractivity contribution in [3.05, 3.63) is 58.9 Å². The molecule has 1 unspecified atom stereocenters. The van der Waals surface area contributed by atoms with Gasteiger partial charge >= 0.3 is 12.2 Å². The molecule has 5 nitrogen and oxygen atoms in total. The molecule has 1 aliphatic heterocycles. The molecule has 2 aromatic rings. The second-order valence-electron chi connectivity index (χ2n) is 6.91. The van der Waals surface area contributed by atoms with Gasteiger partial charge in [-0.15, -0.1) is 0 Å². The summed E-state index contributed by atoms with van der Waals surface area (Å²) in [6.07, 6.45) is -1.98. The molecule has 0 bridgehead atoms.